The van der Waals surface area contributed by atoms with Crippen LogP contribution in [-0.4, -0.2) is 0 Å². The zero-order valence-electron chi connectivity index (χ0n) is 10.8. The summed E-state index contributed by atoms with van der Waals surface area (Å²) in [5.74, 6) is 0. The van der Waals surface area contributed by atoms with Gasteiger partial charge in [0.05, 0.1) is 10.0 Å². The first-order valence-electron chi connectivity index (χ1n) is 6.11. The fourth-order valence-corrected chi connectivity index (χ4v) is 3.23. The molecule has 0 saturated carbocycles. The summed E-state index contributed by atoms with van der Waals surface area (Å²) in [5.41, 5.74) is 2.00. The van der Waals surface area contributed by atoms with E-state index in [9.17, 15) is 0 Å². The molecule has 2 aromatic carbocycles. The second-order valence-corrected chi connectivity index (χ2v) is 6.49. The van der Waals surface area contributed by atoms with Gasteiger partial charge in [-0.15, -0.1) is 0 Å². The summed E-state index contributed by atoms with van der Waals surface area (Å²) >= 11 is 21.9. The van der Waals surface area contributed by atoms with Gasteiger partial charge in [0.2, 0.25) is 0 Å². The Balaban J connectivity index is 2.14. The van der Waals surface area contributed by atoms with Crippen molar-refractivity contribution in [2.24, 2.45) is 0 Å². The molecule has 2 rings (SSSR count). The van der Waals surface area contributed by atoms with Gasteiger partial charge in [-0.2, -0.15) is 0 Å². The van der Waals surface area contributed by atoms with Crippen LogP contribution in [0.5, 0.6) is 0 Å². The van der Waals surface area contributed by atoms with Crippen LogP contribution < -0.4 is 5.32 Å². The number of nitrogens with one attached hydrogen (secondary N) is 1. The number of rotatable bonds is 4. The topological polar surface area (TPSA) is 12.0 Å². The third-order valence-corrected chi connectivity index (χ3v) is 5.02. The van der Waals surface area contributed by atoms with Crippen LogP contribution in [0.4, 0.5) is 0 Å². The number of halogens is 4. The lowest BCUT2D eigenvalue weighted by Gasteiger charge is -2.17. The predicted octanol–water partition coefficient (Wildman–Crippen LogP) is 6.26. The minimum absolute atomic E-state index is 0.164. The maximum Gasteiger partial charge on any atom is 0.0652 e. The van der Waals surface area contributed by atoms with E-state index in [2.05, 4.69) is 34.2 Å². The van der Waals surface area contributed by atoms with Crippen LogP contribution in [0.15, 0.2) is 40.9 Å². The molecule has 5 heteroatoms. The monoisotopic (exact) mass is 391 g/mol. The molecule has 0 amide bonds. The standard InChI is InChI=1S/C15H13BrCl3N/c1-9(10-4-2-3-5-12(10)16)20-8-11-13(17)6-7-14(18)15(11)19/h2-7,9,20H,8H2,1H3. The molecule has 0 radical (unpaired) electrons. The molecule has 0 bridgehead atoms. The van der Waals surface area contributed by atoms with Gasteiger partial charge >= 0.3 is 0 Å². The Labute approximate surface area is 142 Å². The van der Waals surface area contributed by atoms with Crippen molar-refractivity contribution >= 4 is 50.7 Å². The second kappa shape index (κ2) is 7.15. The minimum Gasteiger partial charge on any atom is -0.306 e. The van der Waals surface area contributed by atoms with Crippen molar-refractivity contribution in [3.63, 3.8) is 0 Å². The highest BCUT2D eigenvalue weighted by Gasteiger charge is 2.12. The maximum atomic E-state index is 6.19. The van der Waals surface area contributed by atoms with Gasteiger partial charge in [0, 0.05) is 27.6 Å². The van der Waals surface area contributed by atoms with Crippen LogP contribution in [0.25, 0.3) is 0 Å². The van der Waals surface area contributed by atoms with E-state index >= 15 is 0 Å². The predicted molar refractivity (Wildman–Crippen MR) is 90.9 cm³/mol. The Hall–Kier alpha value is -0.250. The molecule has 106 valence electrons. The number of hydrogen-bond acceptors (Lipinski definition) is 1. The molecule has 1 nitrogen and oxygen atoms in total. The van der Waals surface area contributed by atoms with Crippen LogP contribution in [0.1, 0.15) is 24.1 Å². The summed E-state index contributed by atoms with van der Waals surface area (Å²) in [6.45, 7) is 2.65. The molecule has 0 aliphatic heterocycles. The number of benzene rings is 2. The van der Waals surface area contributed by atoms with Crippen LogP contribution in [0.3, 0.4) is 0 Å². The molecule has 0 aromatic heterocycles. The van der Waals surface area contributed by atoms with Gasteiger partial charge in [0.1, 0.15) is 0 Å². The van der Waals surface area contributed by atoms with Gasteiger partial charge in [0.15, 0.2) is 0 Å². The van der Waals surface area contributed by atoms with Gasteiger partial charge < -0.3 is 5.32 Å². The van der Waals surface area contributed by atoms with E-state index in [0.29, 0.717) is 21.6 Å². The molecule has 0 heterocycles. The van der Waals surface area contributed by atoms with Crippen molar-refractivity contribution in [1.82, 2.24) is 5.32 Å². The molecule has 0 aliphatic carbocycles. The summed E-state index contributed by atoms with van der Waals surface area (Å²) < 4.78 is 1.07. The van der Waals surface area contributed by atoms with Crippen LogP contribution in [0, 0.1) is 0 Å². The van der Waals surface area contributed by atoms with E-state index in [1.807, 2.05) is 18.2 Å². The van der Waals surface area contributed by atoms with E-state index in [-0.39, 0.29) is 6.04 Å². The lowest BCUT2D eigenvalue weighted by atomic mass is 10.1. The molecule has 20 heavy (non-hydrogen) atoms. The molecule has 0 spiro atoms. The van der Waals surface area contributed by atoms with E-state index in [0.717, 1.165) is 10.0 Å². The van der Waals surface area contributed by atoms with Crippen molar-refractivity contribution < 1.29 is 0 Å². The van der Waals surface area contributed by atoms with Gasteiger partial charge in [-0.05, 0) is 30.7 Å². The van der Waals surface area contributed by atoms with Crippen molar-refractivity contribution in [3.8, 4) is 0 Å². The van der Waals surface area contributed by atoms with Gasteiger partial charge in [-0.1, -0.05) is 68.9 Å². The molecule has 1 unspecified atom stereocenters. The Morgan fingerprint density at radius 2 is 1.70 bits per heavy atom. The fourth-order valence-electron chi connectivity index (χ4n) is 1.92. The lowest BCUT2D eigenvalue weighted by molar-refractivity contribution is 0.573. The normalized spacial score (nSPS) is 12.4. The third-order valence-electron chi connectivity index (χ3n) is 3.10. The quantitative estimate of drug-likeness (QED) is 0.605. The summed E-state index contributed by atoms with van der Waals surface area (Å²) in [6.07, 6.45) is 0. The molecule has 1 N–H and O–H groups in total. The molecule has 1 atom stereocenters. The zero-order chi connectivity index (χ0) is 14.7. The molecule has 2 aromatic rings. The smallest absolute Gasteiger partial charge is 0.0652 e. The summed E-state index contributed by atoms with van der Waals surface area (Å²) in [4.78, 5) is 0. The van der Waals surface area contributed by atoms with Gasteiger partial charge in [-0.3, -0.25) is 0 Å². The fraction of sp³-hybridized carbons (Fsp3) is 0.200. The van der Waals surface area contributed by atoms with Crippen LogP contribution in [-0.2, 0) is 6.54 Å². The van der Waals surface area contributed by atoms with E-state index in [1.165, 1.54) is 5.56 Å². The largest absolute Gasteiger partial charge is 0.306 e. The first-order chi connectivity index (χ1) is 9.50. The van der Waals surface area contributed by atoms with Gasteiger partial charge in [-0.25, -0.2) is 0 Å². The molecular formula is C15H13BrCl3N. The van der Waals surface area contributed by atoms with E-state index in [1.54, 1.807) is 12.1 Å². The molecular weight excluding hydrogens is 380 g/mol. The Morgan fingerprint density at radius 1 is 1.05 bits per heavy atom. The van der Waals surface area contributed by atoms with Crippen LogP contribution >= 0.6 is 50.7 Å². The molecule has 0 fully saturated rings. The first-order valence-corrected chi connectivity index (χ1v) is 8.03. The summed E-state index contributed by atoms with van der Waals surface area (Å²) in [7, 11) is 0. The van der Waals surface area contributed by atoms with Crippen molar-refractivity contribution in [2.75, 3.05) is 0 Å². The van der Waals surface area contributed by atoms with Crippen LogP contribution in [0.2, 0.25) is 15.1 Å². The summed E-state index contributed by atoms with van der Waals surface area (Å²) in [6, 6.07) is 11.7. The SMILES string of the molecule is CC(NCc1c(Cl)ccc(Cl)c1Cl)c1ccccc1Br. The van der Waals surface area contributed by atoms with Crippen molar-refractivity contribution in [1.29, 1.82) is 0 Å². The second-order valence-electron chi connectivity index (χ2n) is 4.45. The average molecular weight is 394 g/mol. The lowest BCUT2D eigenvalue weighted by Crippen LogP contribution is -2.19. The molecule has 0 saturated heterocycles. The average Bonchev–Trinajstić information content (AvgIpc) is 2.43. The highest BCUT2D eigenvalue weighted by Crippen LogP contribution is 2.32. The van der Waals surface area contributed by atoms with E-state index in [4.69, 9.17) is 34.8 Å². The highest BCUT2D eigenvalue weighted by atomic mass is 79.9. The minimum atomic E-state index is 0.164. The zero-order valence-corrected chi connectivity index (χ0v) is 14.6. The van der Waals surface area contributed by atoms with Crippen molar-refractivity contribution in [3.05, 3.63) is 67.1 Å². The van der Waals surface area contributed by atoms with Crippen molar-refractivity contribution in [2.45, 2.75) is 19.5 Å². The summed E-state index contributed by atoms with van der Waals surface area (Å²) in [5, 5.41) is 5.04. The first kappa shape index (κ1) is 16.1. The Bertz CT molecular complexity index is 616. The maximum absolute atomic E-state index is 6.19. The van der Waals surface area contributed by atoms with E-state index < -0.39 is 0 Å². The number of hydrogen-bond donors (Lipinski definition) is 1. The molecule has 0 aliphatic rings. The highest BCUT2D eigenvalue weighted by molar-refractivity contribution is 9.10. The Kier molecular flexibility index (Phi) is 5.76. The third kappa shape index (κ3) is 3.69. The van der Waals surface area contributed by atoms with Gasteiger partial charge in [0.25, 0.3) is 0 Å². The Morgan fingerprint density at radius 3 is 2.40 bits per heavy atom.